The van der Waals surface area contributed by atoms with E-state index in [-0.39, 0.29) is 44.4 Å². The lowest BCUT2D eigenvalue weighted by atomic mass is 10.1. The van der Waals surface area contributed by atoms with Gasteiger partial charge in [0.15, 0.2) is 5.17 Å². The quantitative estimate of drug-likeness (QED) is 0.0746. The molecule has 0 fully saturated rings. The van der Waals surface area contributed by atoms with E-state index in [4.69, 9.17) is 24.7 Å². The monoisotopic (exact) mass is 904 g/mol. The Kier molecular flexibility index (Phi) is 21.3. The van der Waals surface area contributed by atoms with Crippen LogP contribution in [0.4, 0.5) is 19.2 Å². The molecule has 0 aliphatic carbocycles. The number of guanidine groups is 1. The standard InChI is InChI=1S/C44H56N8O11S/c1-30(53)47-39(64-6)49-37(55)35(26-46-40(56)63-44(2,3)4)51(5)36(54)25-34(48-41(57)60-27-31-17-10-7-11-18-31)23-16-24-52(43(59)62-29-33-21-14-9-15-22-33)38(45)50-42(58)61-28-32-19-12-8-13-20-32/h7-15,17-22,34-35H,16,23-29H2,1-6H3,(H,46,56)(H,48,57)(H2,45,50,58)(H,47,49,53,55)/t34-,35?/m0/s1. The van der Waals surface area contributed by atoms with Gasteiger partial charge in [-0.25, -0.2) is 24.1 Å². The maximum Gasteiger partial charge on any atom is 0.437 e. The van der Waals surface area contributed by atoms with E-state index >= 15 is 0 Å². The summed E-state index contributed by atoms with van der Waals surface area (Å²) in [5.41, 5.74) is 7.41. The molecule has 7 amide bonds. The van der Waals surface area contributed by atoms with Gasteiger partial charge in [0.05, 0.1) is 6.54 Å². The lowest BCUT2D eigenvalue weighted by Gasteiger charge is -2.29. The van der Waals surface area contributed by atoms with Gasteiger partial charge < -0.3 is 45.5 Å². The molecule has 20 heteroatoms. The molecule has 344 valence electrons. The molecule has 1 unspecified atom stereocenters. The summed E-state index contributed by atoms with van der Waals surface area (Å²) in [6.07, 6.45) is -2.49. The summed E-state index contributed by atoms with van der Waals surface area (Å²) in [7, 11) is 1.32. The van der Waals surface area contributed by atoms with Crippen LogP contribution in [0.5, 0.6) is 0 Å². The molecule has 0 radical (unpaired) electrons. The molecule has 0 saturated carbocycles. The number of hydrogen-bond donors (Lipinski definition) is 4. The number of nitrogens with zero attached hydrogens (tertiary/aromatic N) is 4. The van der Waals surface area contributed by atoms with E-state index in [1.807, 2.05) is 6.07 Å². The van der Waals surface area contributed by atoms with Crippen LogP contribution >= 0.6 is 11.8 Å². The number of ether oxygens (including phenoxy) is 4. The summed E-state index contributed by atoms with van der Waals surface area (Å²) in [5, 5.41) is 7.58. The molecule has 3 aromatic carbocycles. The number of rotatable bonds is 17. The summed E-state index contributed by atoms with van der Waals surface area (Å²) in [4.78, 5) is 101. The maximum absolute atomic E-state index is 14.0. The van der Waals surface area contributed by atoms with Crippen LogP contribution in [0.1, 0.15) is 63.6 Å². The van der Waals surface area contributed by atoms with Crippen molar-refractivity contribution in [3.8, 4) is 0 Å². The molecule has 0 heterocycles. The number of amides is 7. The van der Waals surface area contributed by atoms with Crippen molar-refractivity contribution in [1.29, 1.82) is 0 Å². The van der Waals surface area contributed by atoms with E-state index in [2.05, 4.69) is 25.9 Å². The number of thioether (sulfide) groups is 1. The number of carbonyl (C=O) groups is 7. The zero-order valence-corrected chi connectivity index (χ0v) is 37.6. The van der Waals surface area contributed by atoms with Crippen LogP contribution in [0, 0.1) is 0 Å². The molecule has 64 heavy (non-hydrogen) atoms. The van der Waals surface area contributed by atoms with Crippen molar-refractivity contribution in [3.63, 3.8) is 0 Å². The predicted molar refractivity (Wildman–Crippen MR) is 240 cm³/mol. The normalized spacial score (nSPS) is 12.4. The summed E-state index contributed by atoms with van der Waals surface area (Å²) in [6, 6.07) is 24.2. The Morgan fingerprint density at radius 3 is 1.81 bits per heavy atom. The van der Waals surface area contributed by atoms with Gasteiger partial charge in [0.1, 0.15) is 31.5 Å². The van der Waals surface area contributed by atoms with Crippen molar-refractivity contribution < 1.29 is 52.5 Å². The lowest BCUT2D eigenvalue weighted by molar-refractivity contribution is -0.138. The zero-order chi connectivity index (χ0) is 47.1. The van der Waals surface area contributed by atoms with Crippen molar-refractivity contribution in [1.82, 2.24) is 25.8 Å². The van der Waals surface area contributed by atoms with Crippen molar-refractivity contribution >= 4 is 65.0 Å². The lowest BCUT2D eigenvalue weighted by Crippen LogP contribution is -2.51. The number of likely N-dealkylation sites (N-methyl/N-ethyl adjacent to an activating group) is 1. The van der Waals surface area contributed by atoms with Crippen molar-refractivity contribution in [2.75, 3.05) is 26.4 Å². The van der Waals surface area contributed by atoms with E-state index < -0.39 is 78.7 Å². The molecule has 0 bridgehead atoms. The Labute approximate surface area is 376 Å². The first kappa shape index (κ1) is 51.4. The largest absolute Gasteiger partial charge is 0.445 e. The zero-order valence-electron chi connectivity index (χ0n) is 36.7. The molecule has 5 N–H and O–H groups in total. The SMILES string of the molecule is CSC(=NC(=O)C(CNC(=O)OC(C)(C)C)N(C)C(=O)C[C@H](CCCN(C(=O)OCc1ccccc1)/C(N)=N/C(=O)OCc1ccccc1)NC(=O)OCc1ccccc1)NC(C)=O. The van der Waals surface area contributed by atoms with Crippen LogP contribution in [0.15, 0.2) is 101 Å². The maximum atomic E-state index is 14.0. The average molecular weight is 905 g/mol. The highest BCUT2D eigenvalue weighted by Gasteiger charge is 2.31. The first-order chi connectivity index (χ1) is 30.4. The van der Waals surface area contributed by atoms with Gasteiger partial charge in [-0.15, -0.1) is 4.99 Å². The van der Waals surface area contributed by atoms with E-state index in [1.165, 1.54) is 14.0 Å². The first-order valence-corrected chi connectivity index (χ1v) is 21.3. The predicted octanol–water partition coefficient (Wildman–Crippen LogP) is 5.48. The van der Waals surface area contributed by atoms with E-state index in [0.717, 1.165) is 21.6 Å². The van der Waals surface area contributed by atoms with Crippen LogP contribution < -0.4 is 21.7 Å². The van der Waals surface area contributed by atoms with Crippen LogP contribution in [-0.4, -0.2) is 107 Å². The van der Waals surface area contributed by atoms with Gasteiger partial charge in [-0.05, 0) is 56.6 Å². The Morgan fingerprint density at radius 2 is 1.30 bits per heavy atom. The number of benzene rings is 3. The van der Waals surface area contributed by atoms with Gasteiger partial charge in [-0.2, -0.15) is 4.99 Å². The molecule has 0 aliphatic heterocycles. The van der Waals surface area contributed by atoms with Crippen LogP contribution in [0.2, 0.25) is 0 Å². The first-order valence-electron chi connectivity index (χ1n) is 20.1. The Hall–Kier alpha value is -6.96. The second-order valence-electron chi connectivity index (χ2n) is 15.0. The Bertz CT molecular complexity index is 2080. The molecule has 3 rings (SSSR count). The minimum atomic E-state index is -1.39. The minimum absolute atomic E-state index is 0.0142. The highest BCUT2D eigenvalue weighted by Crippen LogP contribution is 2.14. The molecule has 3 aromatic rings. The molecular formula is C44H56N8O11S. The van der Waals surface area contributed by atoms with Gasteiger partial charge in [0, 0.05) is 33.0 Å². The number of aliphatic imine (C=N–C) groups is 2. The summed E-state index contributed by atoms with van der Waals surface area (Å²) >= 11 is 0.979. The van der Waals surface area contributed by atoms with Crippen LogP contribution in [-0.2, 0) is 53.2 Å². The molecule has 0 saturated heterocycles. The second kappa shape index (κ2) is 26.5. The fraction of sp³-hybridized carbons (Fsp3) is 0.386. The van der Waals surface area contributed by atoms with E-state index in [1.54, 1.807) is 112 Å². The molecular weight excluding hydrogens is 849 g/mol. The Morgan fingerprint density at radius 1 is 0.766 bits per heavy atom. The van der Waals surface area contributed by atoms with Gasteiger partial charge in [0.2, 0.25) is 17.8 Å². The van der Waals surface area contributed by atoms with Gasteiger partial charge in [-0.3, -0.25) is 14.4 Å². The molecule has 0 aliphatic rings. The number of amidine groups is 1. The average Bonchev–Trinajstić information content (AvgIpc) is 3.25. The van der Waals surface area contributed by atoms with Crippen molar-refractivity contribution in [2.24, 2.45) is 15.7 Å². The number of nitrogens with one attached hydrogen (secondary N) is 3. The fourth-order valence-corrected chi connectivity index (χ4v) is 5.94. The second-order valence-corrected chi connectivity index (χ2v) is 15.8. The summed E-state index contributed by atoms with van der Waals surface area (Å²) in [5.74, 6) is -2.55. The van der Waals surface area contributed by atoms with E-state index in [9.17, 15) is 33.6 Å². The third kappa shape index (κ3) is 19.8. The smallest absolute Gasteiger partial charge is 0.437 e. The molecule has 0 spiro atoms. The van der Waals surface area contributed by atoms with E-state index in [0.29, 0.717) is 16.7 Å². The third-order valence-corrected chi connectivity index (χ3v) is 9.26. The topological polar surface area (TPSA) is 250 Å². The van der Waals surface area contributed by atoms with Crippen LogP contribution in [0.25, 0.3) is 0 Å². The molecule has 2 atom stereocenters. The third-order valence-electron chi connectivity index (χ3n) is 8.68. The van der Waals surface area contributed by atoms with Crippen molar-refractivity contribution in [2.45, 2.75) is 84.5 Å². The number of carbonyl (C=O) groups excluding carboxylic acids is 7. The van der Waals surface area contributed by atoms with Gasteiger partial charge in [0.25, 0.3) is 5.91 Å². The molecule has 19 nitrogen and oxygen atoms in total. The number of nitrogens with two attached hydrogens (primary N) is 1. The summed E-state index contributed by atoms with van der Waals surface area (Å²) < 4.78 is 21.5. The number of alkyl carbamates (subject to hydrolysis) is 2. The molecule has 0 aromatic heterocycles. The van der Waals surface area contributed by atoms with Crippen LogP contribution in [0.3, 0.4) is 0 Å². The summed E-state index contributed by atoms with van der Waals surface area (Å²) in [6.45, 7) is 5.25. The van der Waals surface area contributed by atoms with Gasteiger partial charge in [-0.1, -0.05) is 103 Å². The Balaban J connectivity index is 1.86. The number of hydrogen-bond acceptors (Lipinski definition) is 12. The fourth-order valence-electron chi connectivity index (χ4n) is 5.52. The minimum Gasteiger partial charge on any atom is -0.445 e. The highest BCUT2D eigenvalue weighted by molar-refractivity contribution is 8.13. The van der Waals surface area contributed by atoms with Crippen molar-refractivity contribution in [3.05, 3.63) is 108 Å². The van der Waals surface area contributed by atoms with Gasteiger partial charge >= 0.3 is 24.4 Å². The highest BCUT2D eigenvalue weighted by atomic mass is 32.2.